The van der Waals surface area contributed by atoms with Crippen LogP contribution >= 0.6 is 12.6 Å². The zero-order chi connectivity index (χ0) is 23.6. The summed E-state index contributed by atoms with van der Waals surface area (Å²) in [5.74, 6) is -5.51. The van der Waals surface area contributed by atoms with E-state index < -0.39 is 66.2 Å². The Morgan fingerprint density at radius 2 is 1.40 bits per heavy atom. The molecule has 12 heteroatoms. The fourth-order valence-electron chi connectivity index (χ4n) is 2.51. The Hall–Kier alpha value is -2.34. The molecule has 0 aliphatic carbocycles. The maximum atomic E-state index is 12.7. The predicted molar refractivity (Wildman–Crippen MR) is 112 cm³/mol. The van der Waals surface area contributed by atoms with Crippen molar-refractivity contribution >= 4 is 42.3 Å². The molecule has 0 aliphatic heterocycles. The van der Waals surface area contributed by atoms with Gasteiger partial charge in [-0.05, 0) is 18.3 Å². The Balaban J connectivity index is 5.35. The molecule has 0 radical (unpaired) electrons. The van der Waals surface area contributed by atoms with E-state index in [2.05, 4.69) is 28.6 Å². The molecule has 0 fully saturated rings. The van der Waals surface area contributed by atoms with Crippen LogP contribution in [-0.4, -0.2) is 69.8 Å². The van der Waals surface area contributed by atoms with E-state index in [1.165, 1.54) is 0 Å². The number of thiol groups is 1. The largest absolute Gasteiger partial charge is 0.481 e. The number of aliphatic carboxylic acids is 2. The Morgan fingerprint density at radius 1 is 0.867 bits per heavy atom. The molecule has 7 N–H and O–H groups in total. The minimum atomic E-state index is -1.54. The normalized spacial score (nSPS) is 15.1. The molecule has 0 saturated carbocycles. The summed E-state index contributed by atoms with van der Waals surface area (Å²) in [6.07, 6.45) is -0.370. The quantitative estimate of drug-likeness (QED) is 0.174. The molecule has 3 amide bonds. The van der Waals surface area contributed by atoms with Crippen LogP contribution in [0, 0.1) is 11.8 Å². The summed E-state index contributed by atoms with van der Waals surface area (Å²) in [6.45, 7) is 7.10. The topological polar surface area (TPSA) is 188 Å². The Kier molecular flexibility index (Phi) is 12.0. The molecule has 4 atom stereocenters. The first kappa shape index (κ1) is 27.7. The number of carbonyl (C=O) groups is 5. The maximum Gasteiger partial charge on any atom is 0.327 e. The van der Waals surface area contributed by atoms with Gasteiger partial charge in [0.2, 0.25) is 17.7 Å². The van der Waals surface area contributed by atoms with Crippen LogP contribution in [0.2, 0.25) is 0 Å². The van der Waals surface area contributed by atoms with Gasteiger partial charge in [0.1, 0.15) is 18.1 Å². The lowest BCUT2D eigenvalue weighted by Crippen LogP contribution is -2.59. The summed E-state index contributed by atoms with van der Waals surface area (Å²) in [5, 5.41) is 25.0. The Labute approximate surface area is 180 Å². The molecule has 0 spiro atoms. The standard InChI is InChI=1S/C18H32N4O7S/c1-8(2)5-10(19)15(25)22-14(9(3)4)17(27)20-11(6-13(23)24)16(26)21-12(7-30)18(28)29/h8-12,14,30H,5-7,19H2,1-4H3,(H,20,27)(H,21,26)(H,22,25)(H,23,24)(H,28,29). The summed E-state index contributed by atoms with van der Waals surface area (Å²) in [5.41, 5.74) is 5.83. The van der Waals surface area contributed by atoms with Crippen LogP contribution < -0.4 is 21.7 Å². The van der Waals surface area contributed by atoms with Crippen LogP contribution in [-0.2, 0) is 24.0 Å². The van der Waals surface area contributed by atoms with Gasteiger partial charge in [-0.15, -0.1) is 0 Å². The molecule has 0 aromatic heterocycles. The average molecular weight is 449 g/mol. The molecule has 0 saturated heterocycles. The molecule has 0 bridgehead atoms. The maximum absolute atomic E-state index is 12.7. The number of carbonyl (C=O) groups excluding carboxylic acids is 3. The minimum Gasteiger partial charge on any atom is -0.481 e. The van der Waals surface area contributed by atoms with Crippen LogP contribution in [0.3, 0.4) is 0 Å². The first-order chi connectivity index (χ1) is 13.8. The fraction of sp³-hybridized carbons (Fsp3) is 0.722. The van der Waals surface area contributed by atoms with Crippen molar-refractivity contribution in [1.29, 1.82) is 0 Å². The summed E-state index contributed by atoms with van der Waals surface area (Å²) < 4.78 is 0. The van der Waals surface area contributed by atoms with E-state index in [-0.39, 0.29) is 11.7 Å². The van der Waals surface area contributed by atoms with Gasteiger partial charge >= 0.3 is 11.9 Å². The number of hydrogen-bond acceptors (Lipinski definition) is 7. The van der Waals surface area contributed by atoms with Crippen LogP contribution in [0.25, 0.3) is 0 Å². The highest BCUT2D eigenvalue weighted by Crippen LogP contribution is 2.07. The van der Waals surface area contributed by atoms with E-state index in [1.807, 2.05) is 13.8 Å². The molecule has 30 heavy (non-hydrogen) atoms. The summed E-state index contributed by atoms with van der Waals surface area (Å²) in [7, 11) is 0. The van der Waals surface area contributed by atoms with Gasteiger partial charge in [-0.2, -0.15) is 12.6 Å². The van der Waals surface area contributed by atoms with Gasteiger partial charge in [0, 0.05) is 5.75 Å². The third-order valence-electron chi connectivity index (χ3n) is 4.12. The number of rotatable bonds is 13. The highest BCUT2D eigenvalue weighted by Gasteiger charge is 2.32. The number of hydrogen-bond donors (Lipinski definition) is 7. The first-order valence-corrected chi connectivity index (χ1v) is 10.1. The van der Waals surface area contributed by atoms with E-state index in [0.717, 1.165) is 0 Å². The highest BCUT2D eigenvalue weighted by atomic mass is 32.1. The van der Waals surface area contributed by atoms with Gasteiger partial charge < -0.3 is 31.9 Å². The van der Waals surface area contributed by atoms with Crippen molar-refractivity contribution in [2.45, 2.75) is 64.7 Å². The van der Waals surface area contributed by atoms with Crippen LogP contribution in [0.4, 0.5) is 0 Å². The van der Waals surface area contributed by atoms with Crippen molar-refractivity contribution in [3.63, 3.8) is 0 Å². The highest BCUT2D eigenvalue weighted by molar-refractivity contribution is 7.80. The predicted octanol–water partition coefficient (Wildman–Crippen LogP) is -1.04. The van der Waals surface area contributed by atoms with Crippen molar-refractivity contribution in [2.75, 3.05) is 5.75 Å². The van der Waals surface area contributed by atoms with E-state index in [9.17, 15) is 24.0 Å². The second-order valence-electron chi connectivity index (χ2n) is 7.71. The van der Waals surface area contributed by atoms with Gasteiger partial charge in [0.25, 0.3) is 0 Å². The fourth-order valence-corrected chi connectivity index (χ4v) is 2.76. The van der Waals surface area contributed by atoms with E-state index in [1.54, 1.807) is 13.8 Å². The molecule has 172 valence electrons. The summed E-state index contributed by atoms with van der Waals surface area (Å²) >= 11 is 3.82. The summed E-state index contributed by atoms with van der Waals surface area (Å²) in [6, 6.07) is -4.80. The molecule has 0 rings (SSSR count). The molecular formula is C18H32N4O7S. The lowest BCUT2D eigenvalue weighted by Gasteiger charge is -2.26. The first-order valence-electron chi connectivity index (χ1n) is 9.52. The van der Waals surface area contributed by atoms with E-state index in [0.29, 0.717) is 6.42 Å². The van der Waals surface area contributed by atoms with Gasteiger partial charge in [-0.3, -0.25) is 19.2 Å². The molecule has 4 unspecified atom stereocenters. The number of carboxylic acids is 2. The summed E-state index contributed by atoms with van der Waals surface area (Å²) in [4.78, 5) is 59.5. The van der Waals surface area contributed by atoms with Gasteiger partial charge in [0.05, 0.1) is 12.5 Å². The average Bonchev–Trinajstić information content (AvgIpc) is 2.61. The zero-order valence-electron chi connectivity index (χ0n) is 17.5. The number of nitrogens with one attached hydrogen (secondary N) is 3. The van der Waals surface area contributed by atoms with E-state index >= 15 is 0 Å². The minimum absolute atomic E-state index is 0.162. The SMILES string of the molecule is CC(C)CC(N)C(=O)NC(C(=O)NC(CC(=O)O)C(=O)NC(CS)C(=O)O)C(C)C. The number of amides is 3. The lowest BCUT2D eigenvalue weighted by molar-refractivity contribution is -0.143. The molecule has 11 nitrogen and oxygen atoms in total. The van der Waals surface area contributed by atoms with E-state index in [4.69, 9.17) is 15.9 Å². The van der Waals surface area contributed by atoms with Crippen molar-refractivity contribution in [3.05, 3.63) is 0 Å². The van der Waals surface area contributed by atoms with Crippen molar-refractivity contribution in [3.8, 4) is 0 Å². The second kappa shape index (κ2) is 13.1. The molecule has 0 heterocycles. The lowest BCUT2D eigenvalue weighted by atomic mass is 10.00. The zero-order valence-corrected chi connectivity index (χ0v) is 18.4. The van der Waals surface area contributed by atoms with Gasteiger partial charge in [-0.1, -0.05) is 27.7 Å². The monoisotopic (exact) mass is 448 g/mol. The van der Waals surface area contributed by atoms with Gasteiger partial charge in [0.15, 0.2) is 0 Å². The molecule has 0 aromatic rings. The Bertz CT molecular complexity index is 642. The Morgan fingerprint density at radius 3 is 1.80 bits per heavy atom. The van der Waals surface area contributed by atoms with Crippen molar-refractivity contribution < 1.29 is 34.2 Å². The van der Waals surface area contributed by atoms with Crippen molar-refractivity contribution in [1.82, 2.24) is 16.0 Å². The number of nitrogens with two attached hydrogens (primary N) is 1. The van der Waals surface area contributed by atoms with Crippen LogP contribution in [0.15, 0.2) is 0 Å². The second-order valence-corrected chi connectivity index (χ2v) is 8.07. The van der Waals surface area contributed by atoms with Crippen LogP contribution in [0.1, 0.15) is 40.5 Å². The van der Waals surface area contributed by atoms with Crippen molar-refractivity contribution in [2.24, 2.45) is 17.6 Å². The van der Waals surface area contributed by atoms with Crippen LogP contribution in [0.5, 0.6) is 0 Å². The smallest absolute Gasteiger partial charge is 0.327 e. The third-order valence-corrected chi connectivity index (χ3v) is 4.48. The number of carboxylic acid groups (broad SMARTS) is 2. The van der Waals surface area contributed by atoms with Gasteiger partial charge in [-0.25, -0.2) is 4.79 Å². The molecule has 0 aromatic carbocycles. The third kappa shape index (κ3) is 9.92. The molecule has 0 aliphatic rings. The molecular weight excluding hydrogens is 416 g/mol.